The fraction of sp³-hybridized carbons (Fsp3) is 0.500. The normalized spacial score (nSPS) is 16.5. The zero-order valence-electron chi connectivity index (χ0n) is 13.8. The van der Waals surface area contributed by atoms with Crippen LogP contribution in [0.15, 0.2) is 5.03 Å². The zero-order chi connectivity index (χ0) is 19.5. The molecular weight excluding hydrogens is 371 g/mol. The number of fused-ring (bicyclic) bond motifs is 1. The van der Waals surface area contributed by atoms with E-state index in [2.05, 4.69) is 4.98 Å². The maximum absolute atomic E-state index is 13.6. The van der Waals surface area contributed by atoms with Gasteiger partial charge in [0.1, 0.15) is 11.1 Å². The average molecular weight is 386 g/mol. The second-order valence-corrected chi connectivity index (χ2v) is 6.95. The minimum Gasteiger partial charge on any atom is -0.548 e. The molecule has 1 heterocycles. The maximum Gasteiger partial charge on any atom is 0.418 e. The van der Waals surface area contributed by atoms with Gasteiger partial charge in [-0.25, -0.2) is 4.98 Å². The summed E-state index contributed by atoms with van der Waals surface area (Å²) in [4.78, 5) is 26.1. The molecule has 1 N–H and O–H groups in total. The number of halogens is 3. The number of carbonyl (C=O) groups excluding carboxylic acids is 2. The number of aromatic nitrogens is 1. The highest BCUT2D eigenvalue weighted by Crippen LogP contribution is 2.41. The van der Waals surface area contributed by atoms with Crippen LogP contribution in [0.25, 0.3) is 0 Å². The van der Waals surface area contributed by atoms with Crippen molar-refractivity contribution in [2.45, 2.75) is 37.4 Å². The van der Waals surface area contributed by atoms with Gasteiger partial charge in [0.15, 0.2) is 0 Å². The van der Waals surface area contributed by atoms with E-state index in [1.165, 1.54) is 0 Å². The molecule has 10 heteroatoms. The Kier molecular flexibility index (Phi) is 6.13. The molecule has 0 aromatic carbocycles. The molecule has 1 atom stereocenters. The molecule has 0 spiro atoms. The van der Waals surface area contributed by atoms with Crippen LogP contribution in [0.4, 0.5) is 13.2 Å². The fourth-order valence-electron chi connectivity index (χ4n) is 2.79. The topological polar surface area (TPSA) is 106 Å². The lowest BCUT2D eigenvalue weighted by Gasteiger charge is -2.26. The summed E-state index contributed by atoms with van der Waals surface area (Å²) < 4.78 is 40.8. The third-order valence-corrected chi connectivity index (χ3v) is 4.92. The lowest BCUT2D eigenvalue weighted by molar-refractivity contribution is -0.304. The second kappa shape index (κ2) is 7.95. The van der Waals surface area contributed by atoms with Gasteiger partial charge in [0, 0.05) is 5.69 Å². The average Bonchev–Trinajstić information content (AvgIpc) is 2.55. The number of nitriles is 1. The molecule has 2 rings (SSSR count). The number of carbonyl (C=O) groups is 2. The predicted molar refractivity (Wildman–Crippen MR) is 83.9 cm³/mol. The molecule has 0 aliphatic heterocycles. The van der Waals surface area contributed by atoms with Crippen LogP contribution < -0.4 is 10.4 Å². The molecule has 1 aliphatic rings. The van der Waals surface area contributed by atoms with Crippen molar-refractivity contribution in [3.05, 3.63) is 22.4 Å². The first-order chi connectivity index (χ1) is 12.1. The molecule has 1 aliphatic carbocycles. The molecule has 1 amide bonds. The highest BCUT2D eigenvalue weighted by Gasteiger charge is 2.40. The Bertz CT molecular complexity index is 775. The number of pyridine rings is 1. The van der Waals surface area contributed by atoms with Gasteiger partial charge in [-0.15, -0.1) is 0 Å². The van der Waals surface area contributed by atoms with E-state index in [9.17, 15) is 33.1 Å². The van der Waals surface area contributed by atoms with Gasteiger partial charge in [0.25, 0.3) is 0 Å². The molecule has 0 saturated carbocycles. The monoisotopic (exact) mass is 386 g/mol. The van der Waals surface area contributed by atoms with Crippen LogP contribution in [0.1, 0.15) is 35.7 Å². The smallest absolute Gasteiger partial charge is 0.418 e. The number of nitrogens with zero attached hydrogens (tertiary/aromatic N) is 2. The molecule has 1 aromatic heterocycles. The number of aryl methyl sites for hydroxylation is 1. The van der Waals surface area contributed by atoms with Crippen LogP contribution in [0.5, 0.6) is 0 Å². The van der Waals surface area contributed by atoms with E-state index in [1.54, 1.807) is 6.07 Å². The maximum atomic E-state index is 13.6. The molecule has 0 fully saturated rings. The largest absolute Gasteiger partial charge is 0.548 e. The molecule has 1 aromatic rings. The minimum absolute atomic E-state index is 0.0542. The number of hydrogen-bond donors (Lipinski definition) is 1. The van der Waals surface area contributed by atoms with E-state index < -0.39 is 35.7 Å². The Balaban J connectivity index is 2.37. The summed E-state index contributed by atoms with van der Waals surface area (Å²) in [6, 6.07) is 1.57. The van der Waals surface area contributed by atoms with Crippen molar-refractivity contribution in [2.75, 3.05) is 12.3 Å². The second-order valence-electron chi connectivity index (χ2n) is 5.99. The van der Waals surface area contributed by atoms with Gasteiger partial charge in [-0.2, -0.15) is 18.4 Å². The lowest BCUT2D eigenvalue weighted by Crippen LogP contribution is -2.38. The van der Waals surface area contributed by atoms with E-state index in [-0.39, 0.29) is 28.7 Å². The number of alkyl halides is 3. The Morgan fingerprint density at radius 1 is 1.46 bits per heavy atom. The van der Waals surface area contributed by atoms with Crippen molar-refractivity contribution in [1.29, 1.82) is 5.26 Å². The van der Waals surface area contributed by atoms with Crippen molar-refractivity contribution < 1.29 is 27.9 Å². The third kappa shape index (κ3) is 4.66. The Morgan fingerprint density at radius 3 is 2.73 bits per heavy atom. The SMILES string of the molecule is C[C@@H]1CCc2nc(SCC(=O)NCC(=O)[O-])c(C#N)c(C(F)(F)F)c2C1. The number of hydrogen-bond acceptors (Lipinski definition) is 6. The van der Waals surface area contributed by atoms with E-state index in [0.717, 1.165) is 0 Å². The summed E-state index contributed by atoms with van der Waals surface area (Å²) in [7, 11) is 0. The zero-order valence-corrected chi connectivity index (χ0v) is 14.6. The summed E-state index contributed by atoms with van der Waals surface area (Å²) >= 11 is 0.676. The number of nitrogens with one attached hydrogen (secondary N) is 1. The summed E-state index contributed by atoms with van der Waals surface area (Å²) in [5.74, 6) is -2.49. The van der Waals surface area contributed by atoms with Gasteiger partial charge in [-0.1, -0.05) is 18.7 Å². The standard InChI is InChI=1S/C16H16F3N3O3S/c1-8-2-3-11-9(4-8)14(16(17,18)19)10(5-20)15(22-11)26-7-12(23)21-6-13(24)25/h8H,2-4,6-7H2,1H3,(H,21,23)(H,24,25)/p-1/t8-/m1/s1. The fourth-order valence-corrected chi connectivity index (χ4v) is 3.62. The van der Waals surface area contributed by atoms with Gasteiger partial charge in [-0.05, 0) is 30.7 Å². The Labute approximate surface area is 151 Å². The predicted octanol–water partition coefficient (Wildman–Crippen LogP) is 1.06. The highest BCUT2D eigenvalue weighted by molar-refractivity contribution is 8.00. The summed E-state index contributed by atoms with van der Waals surface area (Å²) in [6.45, 7) is 1.15. The van der Waals surface area contributed by atoms with Gasteiger partial charge in [-0.3, -0.25) is 4.79 Å². The molecule has 0 unspecified atom stereocenters. The Hall–Kier alpha value is -2.28. The van der Waals surface area contributed by atoms with Crippen LogP contribution in [0, 0.1) is 17.2 Å². The summed E-state index contributed by atoms with van der Waals surface area (Å²) in [6.07, 6.45) is -3.44. The first-order valence-electron chi connectivity index (χ1n) is 7.75. The van der Waals surface area contributed by atoms with Crippen LogP contribution in [-0.4, -0.2) is 29.2 Å². The van der Waals surface area contributed by atoms with Crippen molar-refractivity contribution >= 4 is 23.6 Å². The third-order valence-electron chi connectivity index (χ3n) is 3.94. The van der Waals surface area contributed by atoms with Crippen molar-refractivity contribution in [2.24, 2.45) is 5.92 Å². The van der Waals surface area contributed by atoms with Crippen molar-refractivity contribution in [1.82, 2.24) is 10.3 Å². The van der Waals surface area contributed by atoms with E-state index in [1.807, 2.05) is 12.2 Å². The van der Waals surface area contributed by atoms with E-state index in [0.29, 0.717) is 30.3 Å². The molecule has 26 heavy (non-hydrogen) atoms. The first kappa shape index (κ1) is 20.0. The van der Waals surface area contributed by atoms with Gasteiger partial charge in [0.2, 0.25) is 5.91 Å². The lowest BCUT2D eigenvalue weighted by atomic mass is 9.84. The van der Waals surface area contributed by atoms with Crippen LogP contribution in [0.2, 0.25) is 0 Å². The summed E-state index contributed by atoms with van der Waals surface area (Å²) in [5, 5.41) is 21.5. The van der Waals surface area contributed by atoms with E-state index in [4.69, 9.17) is 0 Å². The van der Waals surface area contributed by atoms with Crippen LogP contribution in [0.3, 0.4) is 0 Å². The highest BCUT2D eigenvalue weighted by atomic mass is 32.2. The number of rotatable bonds is 5. The van der Waals surface area contributed by atoms with Gasteiger partial charge in [0.05, 0.1) is 29.4 Å². The number of carboxylic acids is 1. The summed E-state index contributed by atoms with van der Waals surface area (Å²) in [5.41, 5.74) is -1.22. The van der Waals surface area contributed by atoms with Crippen LogP contribution in [-0.2, 0) is 28.6 Å². The van der Waals surface area contributed by atoms with Crippen LogP contribution >= 0.6 is 11.8 Å². The van der Waals surface area contributed by atoms with Gasteiger partial charge < -0.3 is 15.2 Å². The Morgan fingerprint density at radius 2 is 2.15 bits per heavy atom. The van der Waals surface area contributed by atoms with Crippen molar-refractivity contribution in [3.63, 3.8) is 0 Å². The minimum atomic E-state index is -4.71. The quantitative estimate of drug-likeness (QED) is 0.759. The van der Waals surface area contributed by atoms with Gasteiger partial charge >= 0.3 is 6.18 Å². The molecular formula is C16H15F3N3O3S-. The molecule has 0 saturated heterocycles. The first-order valence-corrected chi connectivity index (χ1v) is 8.74. The molecule has 6 nitrogen and oxygen atoms in total. The number of amides is 1. The molecule has 0 bridgehead atoms. The van der Waals surface area contributed by atoms with E-state index >= 15 is 0 Å². The van der Waals surface area contributed by atoms with Crippen molar-refractivity contribution in [3.8, 4) is 6.07 Å². The number of carboxylic acid groups (broad SMARTS) is 1. The number of aliphatic carboxylic acids is 1. The molecule has 140 valence electrons. The molecule has 0 radical (unpaired) electrons. The number of thioether (sulfide) groups is 1.